The largest absolute Gasteiger partial charge is 0.493 e. The Morgan fingerprint density at radius 3 is 2.67 bits per heavy atom. The van der Waals surface area contributed by atoms with Crippen molar-refractivity contribution in [1.82, 2.24) is 5.32 Å². The molecule has 1 N–H and O–H groups in total. The predicted octanol–water partition coefficient (Wildman–Crippen LogP) is 5.00. The second-order valence-corrected chi connectivity index (χ2v) is 7.97. The number of ether oxygens (including phenoxy) is 1. The molecule has 1 aromatic carbocycles. The summed E-state index contributed by atoms with van der Waals surface area (Å²) in [4.78, 5) is 0. The highest BCUT2D eigenvalue weighted by atomic mass is 35.5. The highest BCUT2D eigenvalue weighted by molar-refractivity contribution is 6.30. The van der Waals surface area contributed by atoms with Gasteiger partial charge in [-0.25, -0.2) is 0 Å². The van der Waals surface area contributed by atoms with Crippen molar-refractivity contribution in [2.24, 2.45) is 11.3 Å². The second-order valence-electron chi connectivity index (χ2n) is 7.53. The maximum atomic E-state index is 6.29. The molecule has 0 aliphatic carbocycles. The van der Waals surface area contributed by atoms with Crippen molar-refractivity contribution >= 4 is 11.6 Å². The van der Waals surface area contributed by atoms with Crippen molar-refractivity contribution in [3.63, 3.8) is 0 Å². The minimum Gasteiger partial charge on any atom is -0.493 e. The molecule has 1 aromatic rings. The first-order valence-corrected chi connectivity index (χ1v) is 8.30. The van der Waals surface area contributed by atoms with E-state index in [-0.39, 0.29) is 0 Å². The van der Waals surface area contributed by atoms with Crippen molar-refractivity contribution in [2.75, 3.05) is 13.7 Å². The van der Waals surface area contributed by atoms with E-state index in [0.29, 0.717) is 17.4 Å². The molecule has 0 amide bonds. The van der Waals surface area contributed by atoms with Crippen LogP contribution in [0.1, 0.15) is 57.7 Å². The molecule has 0 spiro atoms. The van der Waals surface area contributed by atoms with Crippen LogP contribution in [0.15, 0.2) is 12.1 Å². The van der Waals surface area contributed by atoms with Gasteiger partial charge in [0.25, 0.3) is 0 Å². The molecule has 0 bridgehead atoms. The monoisotopic (exact) mass is 309 g/mol. The summed E-state index contributed by atoms with van der Waals surface area (Å²) in [6.07, 6.45) is 3.29. The van der Waals surface area contributed by atoms with Gasteiger partial charge >= 0.3 is 0 Å². The van der Waals surface area contributed by atoms with Crippen molar-refractivity contribution in [2.45, 2.75) is 53.0 Å². The average Bonchev–Trinajstić information content (AvgIpc) is 2.80. The molecule has 1 heterocycles. The van der Waals surface area contributed by atoms with Crippen LogP contribution in [0, 0.1) is 11.3 Å². The standard InChI is InChI=1S/C18H28ClNO/c1-12(11-18(2,3)4)8-16(20-5)15-10-14(19)9-13-6-7-21-17(13)15/h9-10,12,16,20H,6-8,11H2,1-5H3. The Morgan fingerprint density at radius 2 is 2.05 bits per heavy atom. The van der Waals surface area contributed by atoms with Gasteiger partial charge < -0.3 is 10.1 Å². The molecule has 2 unspecified atom stereocenters. The van der Waals surface area contributed by atoms with Crippen LogP contribution in [0.2, 0.25) is 5.02 Å². The fraction of sp³-hybridized carbons (Fsp3) is 0.667. The van der Waals surface area contributed by atoms with Crippen LogP contribution < -0.4 is 10.1 Å². The van der Waals surface area contributed by atoms with Crippen molar-refractivity contribution in [1.29, 1.82) is 0 Å². The lowest BCUT2D eigenvalue weighted by Gasteiger charge is -2.27. The van der Waals surface area contributed by atoms with Crippen molar-refractivity contribution in [3.05, 3.63) is 28.3 Å². The van der Waals surface area contributed by atoms with E-state index < -0.39 is 0 Å². The molecule has 1 aliphatic heterocycles. The van der Waals surface area contributed by atoms with E-state index in [1.165, 1.54) is 17.5 Å². The Kier molecular flexibility index (Phi) is 5.21. The lowest BCUT2D eigenvalue weighted by Crippen LogP contribution is -2.22. The van der Waals surface area contributed by atoms with Crippen LogP contribution in [-0.4, -0.2) is 13.7 Å². The molecular weight excluding hydrogens is 282 g/mol. The van der Waals surface area contributed by atoms with Crippen molar-refractivity contribution < 1.29 is 4.74 Å². The lowest BCUT2D eigenvalue weighted by atomic mass is 9.82. The van der Waals surface area contributed by atoms with E-state index in [4.69, 9.17) is 16.3 Å². The van der Waals surface area contributed by atoms with Crippen LogP contribution in [0.25, 0.3) is 0 Å². The molecule has 2 nitrogen and oxygen atoms in total. The van der Waals surface area contributed by atoms with E-state index in [0.717, 1.165) is 30.2 Å². The van der Waals surface area contributed by atoms with Gasteiger partial charge in [0.1, 0.15) is 5.75 Å². The molecule has 0 saturated carbocycles. The van der Waals surface area contributed by atoms with Crippen LogP contribution in [-0.2, 0) is 6.42 Å². The van der Waals surface area contributed by atoms with E-state index in [2.05, 4.69) is 39.1 Å². The maximum Gasteiger partial charge on any atom is 0.127 e. The number of hydrogen-bond acceptors (Lipinski definition) is 2. The average molecular weight is 310 g/mol. The summed E-state index contributed by atoms with van der Waals surface area (Å²) in [5.74, 6) is 1.71. The second kappa shape index (κ2) is 6.58. The zero-order valence-electron chi connectivity index (χ0n) is 13.9. The zero-order valence-corrected chi connectivity index (χ0v) is 14.7. The zero-order chi connectivity index (χ0) is 15.6. The number of benzene rings is 1. The summed E-state index contributed by atoms with van der Waals surface area (Å²) in [7, 11) is 2.02. The predicted molar refractivity (Wildman–Crippen MR) is 90.3 cm³/mol. The first-order chi connectivity index (χ1) is 9.80. The van der Waals surface area contributed by atoms with E-state index in [9.17, 15) is 0 Å². The molecule has 2 atom stereocenters. The fourth-order valence-corrected chi connectivity index (χ4v) is 3.74. The molecule has 0 saturated heterocycles. The first-order valence-electron chi connectivity index (χ1n) is 7.92. The van der Waals surface area contributed by atoms with Gasteiger partial charge in [0.2, 0.25) is 0 Å². The number of nitrogens with one attached hydrogen (secondary N) is 1. The molecule has 1 aliphatic rings. The minimum atomic E-state index is 0.299. The van der Waals surface area contributed by atoms with Crippen LogP contribution in [0.4, 0.5) is 0 Å². The smallest absolute Gasteiger partial charge is 0.127 e. The number of fused-ring (bicyclic) bond motifs is 1. The van der Waals surface area contributed by atoms with Gasteiger partial charge in [-0.05, 0) is 48.9 Å². The van der Waals surface area contributed by atoms with Gasteiger partial charge in [0, 0.05) is 23.0 Å². The van der Waals surface area contributed by atoms with Crippen LogP contribution in [0.5, 0.6) is 5.75 Å². The quantitative estimate of drug-likeness (QED) is 0.826. The van der Waals surface area contributed by atoms with E-state index in [1.807, 2.05) is 13.1 Å². The summed E-state index contributed by atoms with van der Waals surface area (Å²) in [6.45, 7) is 10.0. The molecule has 0 fully saturated rings. The minimum absolute atomic E-state index is 0.299. The van der Waals surface area contributed by atoms with Gasteiger partial charge in [-0.2, -0.15) is 0 Å². The third-order valence-electron chi connectivity index (χ3n) is 4.10. The Balaban J connectivity index is 2.18. The molecule has 118 valence electrons. The van der Waals surface area contributed by atoms with E-state index >= 15 is 0 Å². The molecule has 0 radical (unpaired) electrons. The Bertz CT molecular complexity index is 493. The topological polar surface area (TPSA) is 21.3 Å². The lowest BCUT2D eigenvalue weighted by molar-refractivity contribution is 0.276. The third kappa shape index (κ3) is 4.37. The van der Waals surface area contributed by atoms with E-state index in [1.54, 1.807) is 0 Å². The Labute approximate surface area is 134 Å². The van der Waals surface area contributed by atoms with Gasteiger partial charge in [0.05, 0.1) is 6.61 Å². The van der Waals surface area contributed by atoms with Gasteiger partial charge in [-0.3, -0.25) is 0 Å². The number of hydrogen-bond donors (Lipinski definition) is 1. The summed E-state index contributed by atoms with van der Waals surface area (Å²) >= 11 is 6.29. The summed E-state index contributed by atoms with van der Waals surface area (Å²) in [5, 5.41) is 4.27. The Hall–Kier alpha value is -0.730. The highest BCUT2D eigenvalue weighted by Crippen LogP contribution is 2.39. The SMILES string of the molecule is CNC(CC(C)CC(C)(C)C)c1cc(Cl)cc2c1OCC2. The molecule has 3 heteroatoms. The normalized spacial score (nSPS) is 17.2. The fourth-order valence-electron chi connectivity index (χ4n) is 3.49. The Morgan fingerprint density at radius 1 is 1.33 bits per heavy atom. The van der Waals surface area contributed by atoms with Crippen LogP contribution in [0.3, 0.4) is 0 Å². The van der Waals surface area contributed by atoms with Crippen molar-refractivity contribution in [3.8, 4) is 5.75 Å². The molecule has 21 heavy (non-hydrogen) atoms. The number of halogens is 1. The van der Waals surface area contributed by atoms with Gasteiger partial charge in [-0.15, -0.1) is 0 Å². The van der Waals surface area contributed by atoms with Gasteiger partial charge in [0.15, 0.2) is 0 Å². The first kappa shape index (κ1) is 16.6. The summed E-state index contributed by atoms with van der Waals surface area (Å²) in [5.41, 5.74) is 2.84. The maximum absolute atomic E-state index is 6.29. The van der Waals surface area contributed by atoms with Gasteiger partial charge in [-0.1, -0.05) is 39.3 Å². The highest BCUT2D eigenvalue weighted by Gasteiger charge is 2.25. The summed E-state index contributed by atoms with van der Waals surface area (Å²) < 4.78 is 5.85. The summed E-state index contributed by atoms with van der Waals surface area (Å²) in [6, 6.07) is 4.41. The van der Waals surface area contributed by atoms with Crippen LogP contribution >= 0.6 is 11.6 Å². The number of rotatable bonds is 5. The third-order valence-corrected chi connectivity index (χ3v) is 4.32. The molecule has 2 rings (SSSR count). The molecule has 0 aromatic heterocycles. The molecular formula is C18H28ClNO.